The van der Waals surface area contributed by atoms with Crippen molar-refractivity contribution in [1.29, 1.82) is 0 Å². The minimum absolute atomic E-state index is 0.487. The summed E-state index contributed by atoms with van der Waals surface area (Å²) < 4.78 is 0. The van der Waals surface area contributed by atoms with Crippen molar-refractivity contribution in [3.63, 3.8) is 0 Å². The Bertz CT molecular complexity index is 284. The van der Waals surface area contributed by atoms with Crippen molar-refractivity contribution >= 4 is 0 Å². The lowest BCUT2D eigenvalue weighted by Crippen LogP contribution is -2.31. The number of tetrazole rings is 1. The van der Waals surface area contributed by atoms with Crippen molar-refractivity contribution in [2.45, 2.75) is 52.0 Å². The summed E-state index contributed by atoms with van der Waals surface area (Å²) in [6.45, 7) is 5.36. The number of aryl methyl sites for hydroxylation is 1. The number of nitrogens with one attached hydrogen (secondary N) is 1. The van der Waals surface area contributed by atoms with Crippen LogP contribution in [-0.4, -0.2) is 32.8 Å². The average molecular weight is 225 g/mol. The third kappa shape index (κ3) is 4.70. The van der Waals surface area contributed by atoms with Gasteiger partial charge in [-0.15, -0.1) is 10.2 Å². The Morgan fingerprint density at radius 3 is 2.69 bits per heavy atom. The Balaban J connectivity index is 2.37. The number of rotatable bonds is 8. The van der Waals surface area contributed by atoms with Gasteiger partial charge in [-0.2, -0.15) is 4.80 Å². The summed E-state index contributed by atoms with van der Waals surface area (Å²) in [5.74, 6) is 0.838. The second-order valence-electron chi connectivity index (χ2n) is 4.15. The molecule has 0 spiro atoms. The van der Waals surface area contributed by atoms with Gasteiger partial charge in [-0.1, -0.05) is 33.1 Å². The number of hydrogen-bond acceptors (Lipinski definition) is 4. The van der Waals surface area contributed by atoms with Crippen LogP contribution in [0.2, 0.25) is 0 Å². The van der Waals surface area contributed by atoms with E-state index in [1.165, 1.54) is 30.5 Å². The molecule has 1 aromatic heterocycles. The lowest BCUT2D eigenvalue weighted by Gasteiger charge is -2.15. The van der Waals surface area contributed by atoms with Gasteiger partial charge in [0.2, 0.25) is 0 Å². The number of unbranched alkanes of at least 4 members (excludes halogenated alkanes) is 2. The van der Waals surface area contributed by atoms with Crippen molar-refractivity contribution in [3.05, 3.63) is 5.82 Å². The molecule has 0 aliphatic carbocycles. The maximum absolute atomic E-state index is 4.22. The second-order valence-corrected chi connectivity index (χ2v) is 4.15. The second kappa shape index (κ2) is 7.33. The molecule has 1 rings (SSSR count). The molecule has 0 fully saturated rings. The number of likely N-dealkylation sites (N-methyl/N-ethyl adjacent to an activating group) is 1. The molecule has 5 heteroatoms. The topological polar surface area (TPSA) is 55.6 Å². The average Bonchev–Trinajstić information content (AvgIpc) is 2.65. The van der Waals surface area contributed by atoms with Crippen molar-refractivity contribution < 1.29 is 0 Å². The lowest BCUT2D eigenvalue weighted by molar-refractivity contribution is 0.458. The molecule has 1 heterocycles. The summed E-state index contributed by atoms with van der Waals surface area (Å²) in [4.78, 5) is 1.52. The summed E-state index contributed by atoms with van der Waals surface area (Å²) in [6, 6.07) is 0.487. The van der Waals surface area contributed by atoms with Gasteiger partial charge in [-0.3, -0.25) is 0 Å². The van der Waals surface area contributed by atoms with E-state index in [0.29, 0.717) is 6.04 Å². The molecule has 0 saturated heterocycles. The highest BCUT2D eigenvalue weighted by Crippen LogP contribution is 2.06. The molecule has 1 atom stereocenters. The van der Waals surface area contributed by atoms with Crippen molar-refractivity contribution in [2.24, 2.45) is 7.05 Å². The molecule has 0 bridgehead atoms. The fourth-order valence-electron chi connectivity index (χ4n) is 1.83. The molecule has 1 aromatic rings. The van der Waals surface area contributed by atoms with Gasteiger partial charge in [0.05, 0.1) is 7.05 Å². The first-order valence-corrected chi connectivity index (χ1v) is 6.22. The van der Waals surface area contributed by atoms with Gasteiger partial charge in [0, 0.05) is 12.5 Å². The maximum Gasteiger partial charge on any atom is 0.176 e. The largest absolute Gasteiger partial charge is 0.314 e. The van der Waals surface area contributed by atoms with Crippen LogP contribution in [0.3, 0.4) is 0 Å². The van der Waals surface area contributed by atoms with E-state index in [9.17, 15) is 0 Å². The standard InChI is InChI=1S/C11H23N5/c1-4-6-7-8-10(12-5-2)9-11-13-15-16(3)14-11/h10,12H,4-9H2,1-3H3. The van der Waals surface area contributed by atoms with Crippen LogP contribution < -0.4 is 5.32 Å². The molecule has 16 heavy (non-hydrogen) atoms. The van der Waals surface area contributed by atoms with Crippen LogP contribution >= 0.6 is 0 Å². The first-order chi connectivity index (χ1) is 7.76. The molecule has 0 saturated carbocycles. The van der Waals surface area contributed by atoms with Gasteiger partial charge in [0.1, 0.15) is 0 Å². The van der Waals surface area contributed by atoms with Crippen LogP contribution in [0.4, 0.5) is 0 Å². The fraction of sp³-hybridized carbons (Fsp3) is 0.909. The van der Waals surface area contributed by atoms with Gasteiger partial charge in [0.15, 0.2) is 5.82 Å². The summed E-state index contributed by atoms with van der Waals surface area (Å²) in [5, 5.41) is 15.6. The molecule has 5 nitrogen and oxygen atoms in total. The van der Waals surface area contributed by atoms with Crippen LogP contribution in [0.25, 0.3) is 0 Å². The van der Waals surface area contributed by atoms with Crippen LogP contribution in [0.5, 0.6) is 0 Å². The molecule has 0 aromatic carbocycles. The monoisotopic (exact) mass is 225 g/mol. The first kappa shape index (κ1) is 13.1. The van der Waals surface area contributed by atoms with E-state index < -0.39 is 0 Å². The molecule has 0 radical (unpaired) electrons. The summed E-state index contributed by atoms with van der Waals surface area (Å²) in [7, 11) is 1.80. The molecule has 1 unspecified atom stereocenters. The molecular formula is C11H23N5. The van der Waals surface area contributed by atoms with Gasteiger partial charge >= 0.3 is 0 Å². The SMILES string of the molecule is CCCCCC(Cc1nnn(C)n1)NCC. The number of hydrogen-bond donors (Lipinski definition) is 1. The van der Waals surface area contributed by atoms with E-state index in [2.05, 4.69) is 34.6 Å². The summed E-state index contributed by atoms with van der Waals surface area (Å²) in [6.07, 6.45) is 5.91. The highest BCUT2D eigenvalue weighted by Gasteiger charge is 2.11. The highest BCUT2D eigenvalue weighted by atomic mass is 15.6. The zero-order valence-electron chi connectivity index (χ0n) is 10.6. The van der Waals surface area contributed by atoms with Crippen LogP contribution in [-0.2, 0) is 13.5 Å². The van der Waals surface area contributed by atoms with Crippen LogP contribution in [0, 0.1) is 0 Å². The normalized spacial score (nSPS) is 12.9. The van der Waals surface area contributed by atoms with Crippen LogP contribution in [0.15, 0.2) is 0 Å². The minimum atomic E-state index is 0.487. The first-order valence-electron chi connectivity index (χ1n) is 6.22. The quantitative estimate of drug-likeness (QED) is 0.678. The molecule has 1 N–H and O–H groups in total. The third-order valence-electron chi connectivity index (χ3n) is 2.63. The van der Waals surface area contributed by atoms with E-state index >= 15 is 0 Å². The molecule has 0 amide bonds. The van der Waals surface area contributed by atoms with Crippen LogP contribution in [0.1, 0.15) is 45.4 Å². The van der Waals surface area contributed by atoms with Crippen molar-refractivity contribution in [1.82, 2.24) is 25.5 Å². The lowest BCUT2D eigenvalue weighted by atomic mass is 10.1. The molecule has 92 valence electrons. The van der Waals surface area contributed by atoms with E-state index in [1.54, 1.807) is 7.05 Å². The highest BCUT2D eigenvalue weighted by molar-refractivity contribution is 4.84. The number of nitrogens with zero attached hydrogens (tertiary/aromatic N) is 4. The van der Waals surface area contributed by atoms with E-state index in [-0.39, 0.29) is 0 Å². The predicted molar refractivity (Wildman–Crippen MR) is 64.1 cm³/mol. The smallest absolute Gasteiger partial charge is 0.176 e. The van der Waals surface area contributed by atoms with Gasteiger partial charge < -0.3 is 5.32 Å². The van der Waals surface area contributed by atoms with E-state index in [4.69, 9.17) is 0 Å². The maximum atomic E-state index is 4.22. The Labute approximate surface area is 97.6 Å². The van der Waals surface area contributed by atoms with E-state index in [0.717, 1.165) is 18.8 Å². The fourth-order valence-corrected chi connectivity index (χ4v) is 1.83. The summed E-state index contributed by atoms with van der Waals surface area (Å²) in [5.41, 5.74) is 0. The predicted octanol–water partition coefficient (Wildman–Crippen LogP) is 1.31. The van der Waals surface area contributed by atoms with Gasteiger partial charge in [-0.25, -0.2) is 0 Å². The third-order valence-corrected chi connectivity index (χ3v) is 2.63. The Morgan fingerprint density at radius 2 is 2.12 bits per heavy atom. The Kier molecular flexibility index (Phi) is 6.00. The van der Waals surface area contributed by atoms with Gasteiger partial charge in [0.25, 0.3) is 0 Å². The molecule has 0 aliphatic heterocycles. The molecular weight excluding hydrogens is 202 g/mol. The number of aromatic nitrogens is 4. The Hall–Kier alpha value is -0.970. The molecule has 0 aliphatic rings. The minimum Gasteiger partial charge on any atom is -0.314 e. The zero-order valence-corrected chi connectivity index (χ0v) is 10.6. The zero-order chi connectivity index (χ0) is 11.8. The van der Waals surface area contributed by atoms with E-state index in [1.807, 2.05) is 0 Å². The van der Waals surface area contributed by atoms with Crippen molar-refractivity contribution in [2.75, 3.05) is 6.54 Å². The Morgan fingerprint density at radius 1 is 1.31 bits per heavy atom. The van der Waals surface area contributed by atoms with Gasteiger partial charge in [-0.05, 0) is 18.2 Å². The summed E-state index contributed by atoms with van der Waals surface area (Å²) >= 11 is 0. The van der Waals surface area contributed by atoms with Crippen molar-refractivity contribution in [3.8, 4) is 0 Å².